The second kappa shape index (κ2) is 5.57. The molecule has 3 aromatic rings. The average molecular weight is 311 g/mol. The van der Waals surface area contributed by atoms with Crippen molar-refractivity contribution in [1.82, 2.24) is 9.55 Å². The number of fused-ring (bicyclic) bond motifs is 1. The summed E-state index contributed by atoms with van der Waals surface area (Å²) >= 11 is 5.30. The molecule has 0 aliphatic heterocycles. The molecule has 6 heteroatoms. The lowest BCUT2D eigenvalue weighted by Crippen LogP contribution is -2.20. The largest absolute Gasteiger partial charge is 0.331 e. The van der Waals surface area contributed by atoms with Gasteiger partial charge in [0.05, 0.1) is 16.6 Å². The van der Waals surface area contributed by atoms with E-state index in [1.165, 1.54) is 11.5 Å². The maximum Gasteiger partial charge on any atom is 0.266 e. The Morgan fingerprint density at radius 1 is 1.18 bits per heavy atom. The van der Waals surface area contributed by atoms with Crippen LogP contribution >= 0.6 is 12.2 Å². The summed E-state index contributed by atoms with van der Waals surface area (Å²) in [4.78, 5) is 26.9. The van der Waals surface area contributed by atoms with E-state index in [1.54, 1.807) is 36.4 Å². The molecule has 0 spiro atoms. The predicted octanol–water partition coefficient (Wildman–Crippen LogP) is 3.01. The Labute approximate surface area is 131 Å². The highest BCUT2D eigenvalue weighted by Gasteiger charge is 2.08. The van der Waals surface area contributed by atoms with Gasteiger partial charge in [-0.05, 0) is 42.5 Å². The molecule has 0 aliphatic rings. The van der Waals surface area contributed by atoms with E-state index in [1.807, 2.05) is 12.1 Å². The maximum absolute atomic E-state index is 12.7. The van der Waals surface area contributed by atoms with Crippen LogP contribution in [0.5, 0.6) is 0 Å². The normalized spacial score (nSPS) is 10.6. The van der Waals surface area contributed by atoms with Gasteiger partial charge >= 0.3 is 0 Å². The number of hydrogen-bond acceptors (Lipinski definition) is 3. The zero-order valence-electron chi connectivity index (χ0n) is 11.8. The molecule has 22 heavy (non-hydrogen) atoms. The Morgan fingerprint density at radius 2 is 1.95 bits per heavy atom. The number of carbonyl (C=O) groups excluding carboxylic acids is 1. The summed E-state index contributed by atoms with van der Waals surface area (Å²) in [6.45, 7) is 1.43. The van der Waals surface area contributed by atoms with Crippen molar-refractivity contribution in [3.8, 4) is 5.69 Å². The molecule has 0 fully saturated rings. The van der Waals surface area contributed by atoms with Gasteiger partial charge in [-0.2, -0.15) is 0 Å². The number of anilines is 1. The minimum atomic E-state index is -0.195. The lowest BCUT2D eigenvalue weighted by atomic mass is 10.2. The number of aromatic nitrogens is 2. The van der Waals surface area contributed by atoms with Crippen molar-refractivity contribution in [1.29, 1.82) is 0 Å². The van der Waals surface area contributed by atoms with Gasteiger partial charge in [-0.1, -0.05) is 18.2 Å². The van der Waals surface area contributed by atoms with Crippen LogP contribution in [0.25, 0.3) is 16.6 Å². The molecular formula is C16H13N3O2S. The second-order valence-electron chi connectivity index (χ2n) is 4.85. The number of amides is 1. The minimum Gasteiger partial charge on any atom is -0.331 e. The van der Waals surface area contributed by atoms with Crippen LogP contribution in [0, 0.1) is 4.77 Å². The van der Waals surface area contributed by atoms with Gasteiger partial charge in [0.15, 0.2) is 4.77 Å². The van der Waals surface area contributed by atoms with Crippen LogP contribution in [0.3, 0.4) is 0 Å². The van der Waals surface area contributed by atoms with Crippen LogP contribution in [-0.4, -0.2) is 15.5 Å². The highest BCUT2D eigenvalue weighted by atomic mass is 32.1. The summed E-state index contributed by atoms with van der Waals surface area (Å²) in [7, 11) is 0. The van der Waals surface area contributed by atoms with E-state index < -0.39 is 0 Å². The molecule has 2 aromatic carbocycles. The summed E-state index contributed by atoms with van der Waals surface area (Å²) in [6, 6.07) is 14.2. The number of carbonyl (C=O) groups is 1. The van der Waals surface area contributed by atoms with Crippen LogP contribution in [0.4, 0.5) is 5.69 Å². The van der Waals surface area contributed by atoms with Gasteiger partial charge in [-0.3, -0.25) is 14.2 Å². The fraction of sp³-hybridized carbons (Fsp3) is 0.0625. The van der Waals surface area contributed by atoms with Gasteiger partial charge < -0.3 is 10.3 Å². The molecule has 0 unspecified atom stereocenters. The van der Waals surface area contributed by atoms with Crippen molar-refractivity contribution in [2.45, 2.75) is 6.92 Å². The smallest absolute Gasteiger partial charge is 0.266 e. The van der Waals surface area contributed by atoms with Gasteiger partial charge in [0.2, 0.25) is 5.91 Å². The highest BCUT2D eigenvalue weighted by molar-refractivity contribution is 7.71. The van der Waals surface area contributed by atoms with E-state index in [0.717, 1.165) is 0 Å². The quantitative estimate of drug-likeness (QED) is 0.715. The molecule has 1 heterocycles. The van der Waals surface area contributed by atoms with Crippen LogP contribution in [0.15, 0.2) is 53.3 Å². The van der Waals surface area contributed by atoms with E-state index in [9.17, 15) is 9.59 Å². The second-order valence-corrected chi connectivity index (χ2v) is 5.23. The number of rotatable bonds is 2. The van der Waals surface area contributed by atoms with E-state index in [-0.39, 0.29) is 11.5 Å². The molecule has 0 bridgehead atoms. The van der Waals surface area contributed by atoms with Gasteiger partial charge in [0.25, 0.3) is 5.56 Å². The molecule has 110 valence electrons. The highest BCUT2D eigenvalue weighted by Crippen LogP contribution is 2.15. The number of hydrogen-bond donors (Lipinski definition) is 2. The Morgan fingerprint density at radius 3 is 2.73 bits per heavy atom. The Balaban J connectivity index is 2.24. The van der Waals surface area contributed by atoms with E-state index in [2.05, 4.69) is 10.3 Å². The first-order valence-electron chi connectivity index (χ1n) is 6.68. The minimum absolute atomic E-state index is 0.173. The molecular weight excluding hydrogens is 298 g/mol. The van der Waals surface area contributed by atoms with Crippen LogP contribution in [0.2, 0.25) is 0 Å². The molecule has 0 saturated carbocycles. The number of aromatic amines is 1. The molecule has 5 nitrogen and oxygen atoms in total. The monoisotopic (exact) mass is 311 g/mol. The van der Waals surface area contributed by atoms with E-state index in [0.29, 0.717) is 27.0 Å². The summed E-state index contributed by atoms with van der Waals surface area (Å²) in [6.07, 6.45) is 0. The fourth-order valence-corrected chi connectivity index (χ4v) is 2.62. The van der Waals surface area contributed by atoms with E-state index >= 15 is 0 Å². The number of nitrogens with one attached hydrogen (secondary N) is 2. The lowest BCUT2D eigenvalue weighted by molar-refractivity contribution is -0.114. The van der Waals surface area contributed by atoms with Gasteiger partial charge in [-0.15, -0.1) is 0 Å². The maximum atomic E-state index is 12.7. The Kier molecular flexibility index (Phi) is 3.60. The zero-order valence-corrected chi connectivity index (χ0v) is 12.6. The van der Waals surface area contributed by atoms with Crippen molar-refractivity contribution >= 4 is 34.7 Å². The SMILES string of the molecule is CC(=O)Nc1cccc(-n2c(=S)[nH]c3ccccc3c2=O)c1. The first-order chi connectivity index (χ1) is 10.6. The van der Waals surface area contributed by atoms with Crippen molar-refractivity contribution in [3.05, 3.63) is 63.7 Å². The standard InChI is InChI=1S/C16H13N3O2S/c1-10(20)17-11-5-4-6-12(9-11)19-15(21)13-7-2-3-8-14(13)18-16(19)22/h2-9H,1H3,(H,17,20)(H,18,22). The van der Waals surface area contributed by atoms with Crippen LogP contribution < -0.4 is 10.9 Å². The van der Waals surface area contributed by atoms with Crippen molar-refractivity contribution < 1.29 is 4.79 Å². The lowest BCUT2D eigenvalue weighted by Gasteiger charge is -2.10. The van der Waals surface area contributed by atoms with Gasteiger partial charge in [0.1, 0.15) is 0 Å². The number of nitrogens with zero attached hydrogens (tertiary/aromatic N) is 1. The average Bonchev–Trinajstić information content (AvgIpc) is 2.47. The molecule has 0 radical (unpaired) electrons. The molecule has 3 rings (SSSR count). The van der Waals surface area contributed by atoms with Crippen LogP contribution in [0.1, 0.15) is 6.92 Å². The predicted molar refractivity (Wildman–Crippen MR) is 89.0 cm³/mol. The number of H-pyrrole nitrogens is 1. The third-order valence-electron chi connectivity index (χ3n) is 3.23. The topological polar surface area (TPSA) is 66.9 Å². The van der Waals surface area contributed by atoms with Crippen molar-refractivity contribution in [2.75, 3.05) is 5.32 Å². The number of para-hydroxylation sites is 1. The Hall–Kier alpha value is -2.73. The van der Waals surface area contributed by atoms with Crippen molar-refractivity contribution in [3.63, 3.8) is 0 Å². The summed E-state index contributed by atoms with van der Waals surface area (Å²) < 4.78 is 1.73. The molecule has 0 saturated heterocycles. The van der Waals surface area contributed by atoms with Gasteiger partial charge in [-0.25, -0.2) is 0 Å². The summed E-state index contributed by atoms with van der Waals surface area (Å²) in [5, 5.41) is 3.25. The molecule has 0 atom stereocenters. The zero-order chi connectivity index (χ0) is 15.7. The van der Waals surface area contributed by atoms with Gasteiger partial charge in [0, 0.05) is 12.6 Å². The third kappa shape index (κ3) is 2.56. The van der Waals surface area contributed by atoms with Crippen molar-refractivity contribution in [2.24, 2.45) is 0 Å². The first-order valence-corrected chi connectivity index (χ1v) is 7.09. The fourth-order valence-electron chi connectivity index (χ4n) is 2.32. The molecule has 0 aliphatic carbocycles. The van der Waals surface area contributed by atoms with Crippen LogP contribution in [-0.2, 0) is 4.79 Å². The van der Waals surface area contributed by atoms with E-state index in [4.69, 9.17) is 12.2 Å². The number of benzene rings is 2. The Bertz CT molecular complexity index is 988. The first kappa shape index (κ1) is 14.2. The molecule has 1 aromatic heterocycles. The molecule has 1 amide bonds. The summed E-state index contributed by atoms with van der Waals surface area (Å²) in [5.41, 5.74) is 1.72. The third-order valence-corrected chi connectivity index (χ3v) is 3.51. The molecule has 2 N–H and O–H groups in total. The summed E-state index contributed by atoms with van der Waals surface area (Å²) in [5.74, 6) is -0.173.